The van der Waals surface area contributed by atoms with Gasteiger partial charge in [-0.15, -0.1) is 0 Å². The molecule has 0 unspecified atom stereocenters. The minimum atomic E-state index is -2.09. The molecule has 0 N–H and O–H groups in total. The van der Waals surface area contributed by atoms with Gasteiger partial charge in [0.15, 0.2) is 11.6 Å². The summed E-state index contributed by atoms with van der Waals surface area (Å²) in [6.45, 7) is -1.94. The predicted molar refractivity (Wildman–Crippen MR) is 74.4 cm³/mol. The average Bonchev–Trinajstić information content (AvgIpc) is 2.57. The van der Waals surface area contributed by atoms with Crippen LogP contribution in [0.4, 0.5) is 37.7 Å². The highest BCUT2D eigenvalue weighted by molar-refractivity contribution is 5.43. The van der Waals surface area contributed by atoms with Crippen molar-refractivity contribution in [2.45, 2.75) is 13.2 Å². The normalized spacial score (nSPS) is 10.9. The molecule has 2 rings (SSSR count). The maximum absolute atomic E-state index is 13.5. The quantitative estimate of drug-likeness (QED) is 0.318. The molecule has 0 heterocycles. The minimum absolute atomic E-state index is 0.261. The van der Waals surface area contributed by atoms with E-state index in [-0.39, 0.29) is 12.1 Å². The number of nitro benzene ring substituents is 2. The third-order valence-corrected chi connectivity index (χ3v) is 3.31. The lowest BCUT2D eigenvalue weighted by atomic mass is 10.1. The second-order valence-electron chi connectivity index (χ2n) is 5.00. The molecule has 0 amide bonds. The molecule has 2 aromatic carbocycles. The summed E-state index contributed by atoms with van der Waals surface area (Å²) in [6, 6.07) is 0.521. The fourth-order valence-corrected chi connectivity index (χ4v) is 2.15. The molecule has 0 aromatic heterocycles. The Labute approximate surface area is 145 Å². The van der Waals surface area contributed by atoms with Crippen molar-refractivity contribution in [2.24, 2.45) is 0 Å². The van der Waals surface area contributed by atoms with Crippen molar-refractivity contribution in [3.05, 3.63) is 78.4 Å². The Morgan fingerprint density at radius 3 is 1.33 bits per heavy atom. The first-order valence-electron chi connectivity index (χ1n) is 6.75. The van der Waals surface area contributed by atoms with Crippen molar-refractivity contribution in [1.29, 1.82) is 0 Å². The van der Waals surface area contributed by atoms with Gasteiger partial charge >= 0.3 is 11.4 Å². The lowest BCUT2D eigenvalue weighted by molar-refractivity contribution is -0.389. The van der Waals surface area contributed by atoms with Gasteiger partial charge in [0.2, 0.25) is 23.3 Å². The van der Waals surface area contributed by atoms with E-state index in [0.717, 1.165) is 0 Å². The molecule has 2 aromatic rings. The largest absolute Gasteiger partial charge is 0.372 e. The number of hydrogen-bond acceptors (Lipinski definition) is 5. The van der Waals surface area contributed by atoms with Gasteiger partial charge in [0.05, 0.1) is 34.2 Å². The third kappa shape index (κ3) is 3.81. The Balaban J connectivity index is 2.33. The van der Waals surface area contributed by atoms with Crippen LogP contribution in [-0.2, 0) is 18.0 Å². The molecule has 0 saturated heterocycles. The van der Waals surface area contributed by atoms with Crippen LogP contribution in [-0.4, -0.2) is 9.85 Å². The van der Waals surface area contributed by atoms with Gasteiger partial charge in [-0.2, -0.15) is 8.78 Å². The molecule has 7 nitrogen and oxygen atoms in total. The molecule has 27 heavy (non-hydrogen) atoms. The molecule has 0 aliphatic rings. The highest BCUT2D eigenvalue weighted by Crippen LogP contribution is 2.30. The van der Waals surface area contributed by atoms with E-state index in [1.807, 2.05) is 0 Å². The van der Waals surface area contributed by atoms with Crippen molar-refractivity contribution in [2.75, 3.05) is 0 Å². The highest BCUT2D eigenvalue weighted by atomic mass is 19.2. The first-order valence-corrected chi connectivity index (χ1v) is 6.75. The molecule has 0 radical (unpaired) electrons. The van der Waals surface area contributed by atoms with Crippen molar-refractivity contribution in [3.8, 4) is 0 Å². The number of ether oxygens (including phenoxy) is 1. The summed E-state index contributed by atoms with van der Waals surface area (Å²) in [7, 11) is 0. The molecule has 0 aliphatic heterocycles. The first-order chi connectivity index (χ1) is 12.6. The molecular formula is C14H6F6N2O5. The molecule has 0 saturated carbocycles. The van der Waals surface area contributed by atoms with Crippen LogP contribution in [0, 0.1) is 55.1 Å². The Morgan fingerprint density at radius 1 is 0.704 bits per heavy atom. The Hall–Kier alpha value is -3.22. The van der Waals surface area contributed by atoms with Gasteiger partial charge in [0.25, 0.3) is 0 Å². The molecule has 0 atom stereocenters. The zero-order valence-electron chi connectivity index (χ0n) is 12.8. The lowest BCUT2D eigenvalue weighted by Crippen LogP contribution is -2.08. The van der Waals surface area contributed by atoms with E-state index in [1.165, 1.54) is 0 Å². The fraction of sp³-hybridized carbons (Fsp3) is 0.143. The van der Waals surface area contributed by atoms with Crippen LogP contribution in [0.3, 0.4) is 0 Å². The van der Waals surface area contributed by atoms with Crippen LogP contribution in [0.1, 0.15) is 11.1 Å². The highest BCUT2D eigenvalue weighted by Gasteiger charge is 2.29. The fourth-order valence-electron chi connectivity index (χ4n) is 2.15. The van der Waals surface area contributed by atoms with Crippen molar-refractivity contribution in [3.63, 3.8) is 0 Å². The molecule has 144 valence electrons. The van der Waals surface area contributed by atoms with E-state index in [0.29, 0.717) is 0 Å². The zero-order valence-corrected chi connectivity index (χ0v) is 12.8. The molecule has 0 bridgehead atoms. The second kappa shape index (κ2) is 7.57. The number of hydrogen-bond donors (Lipinski definition) is 0. The van der Waals surface area contributed by atoms with Gasteiger partial charge in [-0.05, 0) is 12.1 Å². The first kappa shape index (κ1) is 20.1. The summed E-state index contributed by atoms with van der Waals surface area (Å²) in [5, 5.41) is 21.6. The lowest BCUT2D eigenvalue weighted by Gasteiger charge is -2.08. The number of benzene rings is 2. The number of nitro groups is 2. The van der Waals surface area contributed by atoms with E-state index in [1.54, 1.807) is 0 Å². The Morgan fingerprint density at radius 2 is 1.04 bits per heavy atom. The Kier molecular flexibility index (Phi) is 5.64. The van der Waals surface area contributed by atoms with Gasteiger partial charge < -0.3 is 4.74 Å². The second-order valence-corrected chi connectivity index (χ2v) is 5.00. The van der Waals surface area contributed by atoms with Crippen LogP contribution >= 0.6 is 0 Å². The maximum atomic E-state index is 13.5. The predicted octanol–water partition coefficient (Wildman–Crippen LogP) is 4.05. The SMILES string of the molecule is O=[N+]([O-])c1c(COCc2cc(F)c(F)c(F)c2[N+](=O)[O-])cc(F)c(F)c1F. The third-order valence-electron chi connectivity index (χ3n) is 3.31. The zero-order chi connectivity index (χ0) is 20.5. The smallest absolute Gasteiger partial charge is 0.313 e. The van der Waals surface area contributed by atoms with Crippen LogP contribution < -0.4 is 0 Å². The molecule has 0 fully saturated rings. The van der Waals surface area contributed by atoms with E-state index < -0.39 is 80.5 Å². The van der Waals surface area contributed by atoms with Gasteiger partial charge in [0, 0.05) is 0 Å². The maximum Gasteiger partial charge on any atom is 0.313 e. The summed E-state index contributed by atoms with van der Waals surface area (Å²) >= 11 is 0. The monoisotopic (exact) mass is 396 g/mol. The number of halogens is 6. The van der Waals surface area contributed by atoms with Gasteiger partial charge in [-0.3, -0.25) is 20.2 Å². The van der Waals surface area contributed by atoms with Crippen molar-refractivity contribution in [1.82, 2.24) is 0 Å². The summed E-state index contributed by atoms with van der Waals surface area (Å²) in [6.07, 6.45) is 0. The van der Waals surface area contributed by atoms with Crippen LogP contribution in [0.15, 0.2) is 12.1 Å². The van der Waals surface area contributed by atoms with Crippen molar-refractivity contribution < 1.29 is 40.9 Å². The van der Waals surface area contributed by atoms with Crippen LogP contribution in [0.5, 0.6) is 0 Å². The average molecular weight is 396 g/mol. The number of nitrogens with zero attached hydrogens (tertiary/aromatic N) is 2. The van der Waals surface area contributed by atoms with E-state index in [9.17, 15) is 46.6 Å². The molecular weight excluding hydrogens is 390 g/mol. The minimum Gasteiger partial charge on any atom is -0.372 e. The Bertz CT molecular complexity index is 877. The molecule has 0 aliphatic carbocycles. The molecule has 0 spiro atoms. The topological polar surface area (TPSA) is 95.5 Å². The van der Waals surface area contributed by atoms with Crippen LogP contribution in [0.2, 0.25) is 0 Å². The summed E-state index contributed by atoms with van der Waals surface area (Å²) < 4.78 is 84.4. The standard InChI is InChI=1S/C14H6F6N2O5/c15-7-1-5(13(21(23)24)11(19)9(7)17)3-27-4-6-2-8(16)10(18)12(20)14(6)22(25)26/h1-2H,3-4H2. The summed E-state index contributed by atoms with van der Waals surface area (Å²) in [4.78, 5) is 18.9. The number of rotatable bonds is 6. The van der Waals surface area contributed by atoms with Gasteiger partial charge in [-0.25, -0.2) is 17.6 Å². The summed E-state index contributed by atoms with van der Waals surface area (Å²) in [5.74, 6) is -11.9. The van der Waals surface area contributed by atoms with Gasteiger partial charge in [0.1, 0.15) is 0 Å². The summed E-state index contributed by atoms with van der Waals surface area (Å²) in [5.41, 5.74) is -4.44. The van der Waals surface area contributed by atoms with E-state index in [4.69, 9.17) is 4.74 Å². The van der Waals surface area contributed by atoms with E-state index in [2.05, 4.69) is 0 Å². The van der Waals surface area contributed by atoms with Crippen molar-refractivity contribution >= 4 is 11.4 Å². The molecule has 13 heteroatoms. The van der Waals surface area contributed by atoms with E-state index >= 15 is 0 Å². The van der Waals surface area contributed by atoms with Gasteiger partial charge in [-0.1, -0.05) is 0 Å². The van der Waals surface area contributed by atoms with Crippen LogP contribution in [0.25, 0.3) is 0 Å².